The van der Waals surface area contributed by atoms with E-state index in [9.17, 15) is 4.79 Å². The molecule has 0 aromatic carbocycles. The van der Waals surface area contributed by atoms with Gasteiger partial charge in [-0.05, 0) is 38.0 Å². The van der Waals surface area contributed by atoms with Crippen LogP contribution in [0.2, 0.25) is 0 Å². The SMILES string of the molecule is CN=C(NCC1(C(=O)N(C)C)CCCC1)NC(C)CCC(C)(C)C.I. The number of amides is 1. The van der Waals surface area contributed by atoms with E-state index < -0.39 is 0 Å². The Balaban J connectivity index is 0.00000576. The second-order valence-electron chi connectivity index (χ2n) is 8.76. The minimum absolute atomic E-state index is 0. The van der Waals surface area contributed by atoms with Crippen molar-refractivity contribution in [2.75, 3.05) is 27.7 Å². The van der Waals surface area contributed by atoms with E-state index in [2.05, 4.69) is 43.3 Å². The highest BCUT2D eigenvalue weighted by molar-refractivity contribution is 14.0. The maximum absolute atomic E-state index is 12.6. The zero-order chi connectivity index (χ0) is 18.4. The Morgan fingerprint density at radius 2 is 1.80 bits per heavy atom. The summed E-state index contributed by atoms with van der Waals surface area (Å²) < 4.78 is 0. The van der Waals surface area contributed by atoms with Gasteiger partial charge in [-0.15, -0.1) is 24.0 Å². The normalized spacial score (nSPS) is 18.3. The van der Waals surface area contributed by atoms with Gasteiger partial charge in [-0.2, -0.15) is 0 Å². The molecule has 6 heteroatoms. The standard InChI is InChI=1S/C19H38N4O.HI/c1-15(10-13-18(2,3)4)22-17(20-5)21-14-19(11-8-9-12-19)16(24)23(6)7;/h15H,8-14H2,1-7H3,(H2,20,21,22);1H. The van der Waals surface area contributed by atoms with Gasteiger partial charge in [-0.3, -0.25) is 9.79 Å². The van der Waals surface area contributed by atoms with Crippen LogP contribution in [0.1, 0.15) is 66.2 Å². The van der Waals surface area contributed by atoms with Crippen molar-refractivity contribution in [3.8, 4) is 0 Å². The second-order valence-corrected chi connectivity index (χ2v) is 8.76. The van der Waals surface area contributed by atoms with E-state index in [1.54, 1.807) is 11.9 Å². The highest BCUT2D eigenvalue weighted by atomic mass is 127. The molecule has 25 heavy (non-hydrogen) atoms. The predicted molar refractivity (Wildman–Crippen MR) is 118 cm³/mol. The van der Waals surface area contributed by atoms with E-state index in [0.717, 1.165) is 38.1 Å². The summed E-state index contributed by atoms with van der Waals surface area (Å²) in [6.45, 7) is 9.65. The molecular weight excluding hydrogens is 427 g/mol. The van der Waals surface area contributed by atoms with Crippen LogP contribution < -0.4 is 10.6 Å². The smallest absolute Gasteiger partial charge is 0.230 e. The number of carbonyl (C=O) groups is 1. The number of hydrogen-bond acceptors (Lipinski definition) is 2. The molecule has 0 heterocycles. The fraction of sp³-hybridized carbons (Fsp3) is 0.895. The van der Waals surface area contributed by atoms with Gasteiger partial charge in [0.25, 0.3) is 0 Å². The van der Waals surface area contributed by atoms with Crippen molar-refractivity contribution in [1.82, 2.24) is 15.5 Å². The van der Waals surface area contributed by atoms with E-state index in [-0.39, 0.29) is 35.3 Å². The molecule has 1 aliphatic carbocycles. The van der Waals surface area contributed by atoms with E-state index in [0.29, 0.717) is 18.0 Å². The van der Waals surface area contributed by atoms with Crippen molar-refractivity contribution in [2.24, 2.45) is 15.8 Å². The van der Waals surface area contributed by atoms with E-state index >= 15 is 0 Å². The van der Waals surface area contributed by atoms with Crippen molar-refractivity contribution in [2.45, 2.75) is 72.3 Å². The first-order valence-corrected chi connectivity index (χ1v) is 9.29. The van der Waals surface area contributed by atoms with Crippen LogP contribution in [0.15, 0.2) is 4.99 Å². The Kier molecular flexibility index (Phi) is 10.4. The van der Waals surface area contributed by atoms with Crippen LogP contribution >= 0.6 is 24.0 Å². The lowest BCUT2D eigenvalue weighted by Gasteiger charge is -2.32. The first kappa shape index (κ1) is 24.5. The molecule has 0 radical (unpaired) electrons. The molecule has 1 aliphatic rings. The monoisotopic (exact) mass is 466 g/mol. The van der Waals surface area contributed by atoms with Gasteiger partial charge in [0.15, 0.2) is 5.96 Å². The molecule has 1 saturated carbocycles. The first-order valence-electron chi connectivity index (χ1n) is 9.29. The van der Waals surface area contributed by atoms with Crippen molar-refractivity contribution in [1.29, 1.82) is 0 Å². The number of guanidine groups is 1. The molecule has 148 valence electrons. The van der Waals surface area contributed by atoms with Gasteiger partial charge in [0.1, 0.15) is 0 Å². The number of nitrogens with zero attached hydrogens (tertiary/aromatic N) is 2. The third-order valence-corrected chi connectivity index (χ3v) is 4.95. The lowest BCUT2D eigenvalue weighted by Crippen LogP contribution is -2.50. The van der Waals surface area contributed by atoms with Gasteiger partial charge in [0.05, 0.1) is 5.41 Å². The number of aliphatic imine (C=N–C) groups is 1. The molecule has 2 N–H and O–H groups in total. The largest absolute Gasteiger partial charge is 0.355 e. The van der Waals surface area contributed by atoms with Crippen LogP contribution in [0.5, 0.6) is 0 Å². The molecule has 0 aliphatic heterocycles. The summed E-state index contributed by atoms with van der Waals surface area (Å²) >= 11 is 0. The zero-order valence-corrected chi connectivity index (χ0v) is 19.6. The summed E-state index contributed by atoms with van der Waals surface area (Å²) in [7, 11) is 5.50. The molecule has 0 spiro atoms. The minimum Gasteiger partial charge on any atom is -0.355 e. The lowest BCUT2D eigenvalue weighted by molar-refractivity contribution is -0.138. The molecule has 0 saturated heterocycles. The first-order chi connectivity index (χ1) is 11.1. The average molecular weight is 466 g/mol. The van der Waals surface area contributed by atoms with Crippen LogP contribution in [0.25, 0.3) is 0 Å². The Hall–Kier alpha value is -0.530. The third-order valence-electron chi connectivity index (χ3n) is 4.95. The van der Waals surface area contributed by atoms with E-state index in [1.807, 2.05) is 14.1 Å². The Labute approximate surface area is 171 Å². The van der Waals surface area contributed by atoms with Gasteiger partial charge < -0.3 is 15.5 Å². The molecule has 1 atom stereocenters. The summed E-state index contributed by atoms with van der Waals surface area (Å²) in [5.74, 6) is 1.04. The lowest BCUT2D eigenvalue weighted by atomic mass is 9.84. The van der Waals surface area contributed by atoms with Gasteiger partial charge in [0, 0.05) is 33.7 Å². The van der Waals surface area contributed by atoms with E-state index in [4.69, 9.17) is 0 Å². The molecule has 5 nitrogen and oxygen atoms in total. The minimum atomic E-state index is -0.268. The Bertz CT molecular complexity index is 437. The van der Waals surface area contributed by atoms with Crippen molar-refractivity contribution in [3.05, 3.63) is 0 Å². The summed E-state index contributed by atoms with van der Waals surface area (Å²) in [6.07, 6.45) is 6.47. The summed E-state index contributed by atoms with van der Waals surface area (Å²) in [6, 6.07) is 0.361. The fourth-order valence-corrected chi connectivity index (χ4v) is 3.40. The summed E-state index contributed by atoms with van der Waals surface area (Å²) in [4.78, 5) is 18.7. The summed E-state index contributed by atoms with van der Waals surface area (Å²) in [5.41, 5.74) is 0.0781. The molecule has 0 aromatic heterocycles. The Morgan fingerprint density at radius 3 is 2.24 bits per heavy atom. The van der Waals surface area contributed by atoms with Crippen LogP contribution in [0.3, 0.4) is 0 Å². The van der Waals surface area contributed by atoms with Crippen LogP contribution in [0.4, 0.5) is 0 Å². The van der Waals surface area contributed by atoms with Crippen LogP contribution in [0, 0.1) is 10.8 Å². The van der Waals surface area contributed by atoms with E-state index in [1.165, 1.54) is 6.42 Å². The maximum atomic E-state index is 12.6. The fourth-order valence-electron chi connectivity index (χ4n) is 3.40. The number of carbonyl (C=O) groups excluding carboxylic acids is 1. The number of hydrogen-bond donors (Lipinski definition) is 2. The van der Waals surface area contributed by atoms with Gasteiger partial charge in [-0.25, -0.2) is 0 Å². The predicted octanol–water partition coefficient (Wildman–Crippen LogP) is 3.63. The summed E-state index contributed by atoms with van der Waals surface area (Å²) in [5, 5.41) is 6.87. The molecule has 0 aromatic rings. The number of nitrogens with one attached hydrogen (secondary N) is 2. The molecule has 0 bridgehead atoms. The zero-order valence-electron chi connectivity index (χ0n) is 17.2. The number of rotatable bonds is 6. The van der Waals surface area contributed by atoms with Crippen LogP contribution in [-0.2, 0) is 4.79 Å². The molecular formula is C19H39IN4O. The van der Waals surface area contributed by atoms with Crippen molar-refractivity contribution < 1.29 is 4.79 Å². The van der Waals surface area contributed by atoms with Gasteiger partial charge in [0.2, 0.25) is 5.91 Å². The average Bonchev–Trinajstić information content (AvgIpc) is 2.97. The van der Waals surface area contributed by atoms with Gasteiger partial charge >= 0.3 is 0 Å². The highest BCUT2D eigenvalue weighted by Crippen LogP contribution is 2.38. The molecule has 1 amide bonds. The quantitative estimate of drug-likeness (QED) is 0.357. The second kappa shape index (κ2) is 10.6. The molecule has 1 rings (SSSR count). The Morgan fingerprint density at radius 1 is 1.24 bits per heavy atom. The molecule has 1 fully saturated rings. The topological polar surface area (TPSA) is 56.7 Å². The molecule has 1 unspecified atom stereocenters. The van der Waals surface area contributed by atoms with Crippen molar-refractivity contribution in [3.63, 3.8) is 0 Å². The van der Waals surface area contributed by atoms with Gasteiger partial charge in [-0.1, -0.05) is 33.6 Å². The third kappa shape index (κ3) is 8.13. The highest BCUT2D eigenvalue weighted by Gasteiger charge is 2.42. The number of halogens is 1. The van der Waals surface area contributed by atoms with Crippen molar-refractivity contribution >= 4 is 35.8 Å². The maximum Gasteiger partial charge on any atom is 0.230 e. The van der Waals surface area contributed by atoms with Crippen LogP contribution in [-0.4, -0.2) is 50.5 Å².